The van der Waals surface area contributed by atoms with Gasteiger partial charge in [0.05, 0.1) is 19.1 Å². The third-order valence-corrected chi connectivity index (χ3v) is 2.92. The van der Waals surface area contributed by atoms with Crippen molar-refractivity contribution in [1.82, 2.24) is 0 Å². The van der Waals surface area contributed by atoms with Crippen LogP contribution in [0.2, 0.25) is 0 Å². The lowest BCUT2D eigenvalue weighted by Gasteiger charge is -2.24. The molecule has 0 amide bonds. The Labute approximate surface area is 104 Å². The van der Waals surface area contributed by atoms with Crippen molar-refractivity contribution in [3.05, 3.63) is 28.2 Å². The van der Waals surface area contributed by atoms with Gasteiger partial charge in [0.2, 0.25) is 0 Å². The molecule has 1 aromatic carbocycles. The highest BCUT2D eigenvalue weighted by atomic mass is 79.9. The maximum absolute atomic E-state index is 9.30. The Morgan fingerprint density at radius 2 is 2.25 bits per heavy atom. The zero-order chi connectivity index (χ0) is 12.0. The summed E-state index contributed by atoms with van der Waals surface area (Å²) in [7, 11) is 0. The van der Waals surface area contributed by atoms with E-state index in [4.69, 9.17) is 5.26 Å². The van der Waals surface area contributed by atoms with E-state index in [-0.39, 0.29) is 6.61 Å². The minimum Gasteiger partial charge on any atom is -0.392 e. The molecule has 3 nitrogen and oxygen atoms in total. The maximum atomic E-state index is 9.30. The van der Waals surface area contributed by atoms with Crippen molar-refractivity contribution < 1.29 is 5.11 Å². The fourth-order valence-corrected chi connectivity index (χ4v) is 2.03. The third-order valence-electron chi connectivity index (χ3n) is 2.43. The van der Waals surface area contributed by atoms with Crippen molar-refractivity contribution in [2.75, 3.05) is 18.0 Å². The van der Waals surface area contributed by atoms with E-state index in [1.54, 1.807) is 0 Å². The molecule has 0 spiro atoms. The van der Waals surface area contributed by atoms with Crippen molar-refractivity contribution in [2.24, 2.45) is 0 Å². The van der Waals surface area contributed by atoms with E-state index in [1.165, 1.54) is 0 Å². The number of nitriles is 1. The minimum absolute atomic E-state index is 0.0117. The Hall–Kier alpha value is -1.05. The summed E-state index contributed by atoms with van der Waals surface area (Å²) in [5.74, 6) is 0. The molecule has 0 saturated heterocycles. The SMILES string of the molecule is CCN(CCC#N)c1ccc(Br)cc1CO. The predicted octanol–water partition coefficient (Wildman–Crippen LogP) is 2.68. The van der Waals surface area contributed by atoms with Gasteiger partial charge in [0.1, 0.15) is 0 Å². The highest BCUT2D eigenvalue weighted by Gasteiger charge is 2.09. The Morgan fingerprint density at radius 3 is 2.81 bits per heavy atom. The summed E-state index contributed by atoms with van der Waals surface area (Å²) in [6, 6.07) is 7.96. The highest BCUT2D eigenvalue weighted by Crippen LogP contribution is 2.24. The summed E-state index contributed by atoms with van der Waals surface area (Å²) >= 11 is 3.38. The number of aliphatic hydroxyl groups is 1. The second-order valence-electron chi connectivity index (χ2n) is 3.42. The lowest BCUT2D eigenvalue weighted by atomic mass is 10.1. The summed E-state index contributed by atoms with van der Waals surface area (Å²) in [5.41, 5.74) is 1.89. The van der Waals surface area contributed by atoms with Gasteiger partial charge in [-0.05, 0) is 25.1 Å². The Kier molecular flexibility index (Phi) is 5.30. The standard InChI is InChI=1S/C12H15BrN2O/c1-2-15(7-3-6-14)12-5-4-11(13)8-10(12)9-16/h4-5,8,16H,2-3,7,9H2,1H3. The molecule has 0 aromatic heterocycles. The number of hydrogen-bond donors (Lipinski definition) is 1. The molecule has 0 atom stereocenters. The monoisotopic (exact) mass is 282 g/mol. The van der Waals surface area contributed by atoms with E-state index in [1.807, 2.05) is 25.1 Å². The summed E-state index contributed by atoms with van der Waals surface area (Å²) in [6.07, 6.45) is 0.495. The van der Waals surface area contributed by atoms with E-state index in [0.717, 1.165) is 22.3 Å². The second-order valence-corrected chi connectivity index (χ2v) is 4.33. The molecule has 0 aliphatic rings. The van der Waals surface area contributed by atoms with Crippen LogP contribution in [0, 0.1) is 11.3 Å². The van der Waals surface area contributed by atoms with Gasteiger partial charge in [-0.25, -0.2) is 0 Å². The lowest BCUT2D eigenvalue weighted by molar-refractivity contribution is 0.282. The Balaban J connectivity index is 2.95. The zero-order valence-electron chi connectivity index (χ0n) is 9.28. The number of nitrogens with zero attached hydrogens (tertiary/aromatic N) is 2. The van der Waals surface area contributed by atoms with Crippen LogP contribution in [0.1, 0.15) is 18.9 Å². The topological polar surface area (TPSA) is 47.3 Å². The molecule has 1 aromatic rings. The number of benzene rings is 1. The zero-order valence-corrected chi connectivity index (χ0v) is 10.9. The summed E-state index contributed by atoms with van der Waals surface area (Å²) in [4.78, 5) is 2.10. The molecule has 0 aliphatic carbocycles. The van der Waals surface area contributed by atoms with Gasteiger partial charge in [0.25, 0.3) is 0 Å². The van der Waals surface area contributed by atoms with Gasteiger partial charge >= 0.3 is 0 Å². The smallest absolute Gasteiger partial charge is 0.0702 e. The van der Waals surface area contributed by atoms with Crippen molar-refractivity contribution in [1.29, 1.82) is 5.26 Å². The fraction of sp³-hybridized carbons (Fsp3) is 0.417. The van der Waals surface area contributed by atoms with Crippen LogP contribution in [0.3, 0.4) is 0 Å². The molecule has 1 N–H and O–H groups in total. The van der Waals surface area contributed by atoms with Gasteiger partial charge in [-0.2, -0.15) is 5.26 Å². The summed E-state index contributed by atoms with van der Waals surface area (Å²) in [6.45, 7) is 3.58. The summed E-state index contributed by atoms with van der Waals surface area (Å²) < 4.78 is 0.955. The molecular weight excluding hydrogens is 268 g/mol. The van der Waals surface area contributed by atoms with Crippen LogP contribution in [-0.2, 0) is 6.61 Å². The van der Waals surface area contributed by atoms with Gasteiger partial charge in [-0.3, -0.25) is 0 Å². The average molecular weight is 283 g/mol. The first-order valence-electron chi connectivity index (χ1n) is 5.24. The van der Waals surface area contributed by atoms with Gasteiger partial charge in [0.15, 0.2) is 0 Å². The second kappa shape index (κ2) is 6.51. The quantitative estimate of drug-likeness (QED) is 0.903. The molecule has 0 saturated carbocycles. The molecule has 16 heavy (non-hydrogen) atoms. The van der Waals surface area contributed by atoms with Crippen molar-refractivity contribution in [3.63, 3.8) is 0 Å². The number of anilines is 1. The van der Waals surface area contributed by atoms with E-state index in [9.17, 15) is 5.11 Å². The molecule has 0 heterocycles. The largest absolute Gasteiger partial charge is 0.392 e. The van der Waals surface area contributed by atoms with Gasteiger partial charge in [-0.1, -0.05) is 15.9 Å². The normalized spacial score (nSPS) is 9.88. The number of hydrogen-bond acceptors (Lipinski definition) is 3. The molecule has 0 radical (unpaired) electrons. The Bertz CT molecular complexity index is 387. The van der Waals surface area contributed by atoms with E-state index in [2.05, 4.69) is 26.9 Å². The first kappa shape index (κ1) is 13.0. The number of aliphatic hydroxyl groups excluding tert-OH is 1. The minimum atomic E-state index is 0.0117. The predicted molar refractivity (Wildman–Crippen MR) is 68.2 cm³/mol. The maximum Gasteiger partial charge on any atom is 0.0702 e. The van der Waals surface area contributed by atoms with Gasteiger partial charge < -0.3 is 10.0 Å². The molecule has 0 aliphatic heterocycles. The first-order valence-corrected chi connectivity index (χ1v) is 6.03. The van der Waals surface area contributed by atoms with Crippen LogP contribution in [0.4, 0.5) is 5.69 Å². The van der Waals surface area contributed by atoms with Gasteiger partial charge in [-0.15, -0.1) is 0 Å². The fourth-order valence-electron chi connectivity index (χ4n) is 1.62. The molecule has 4 heteroatoms. The lowest BCUT2D eigenvalue weighted by Crippen LogP contribution is -2.24. The van der Waals surface area contributed by atoms with Crippen LogP contribution in [0.25, 0.3) is 0 Å². The molecule has 0 unspecified atom stereocenters. The Morgan fingerprint density at radius 1 is 1.50 bits per heavy atom. The van der Waals surface area contributed by atoms with Crippen LogP contribution in [-0.4, -0.2) is 18.2 Å². The average Bonchev–Trinajstić information content (AvgIpc) is 2.31. The summed E-state index contributed by atoms with van der Waals surface area (Å²) in [5, 5.41) is 17.9. The van der Waals surface area contributed by atoms with Crippen LogP contribution in [0.15, 0.2) is 22.7 Å². The van der Waals surface area contributed by atoms with E-state index >= 15 is 0 Å². The molecule has 1 rings (SSSR count). The molecule has 0 fully saturated rings. The van der Waals surface area contributed by atoms with Crippen LogP contribution >= 0.6 is 15.9 Å². The molecular formula is C12H15BrN2O. The van der Waals surface area contributed by atoms with Crippen LogP contribution < -0.4 is 4.90 Å². The number of halogens is 1. The molecule has 0 bridgehead atoms. The van der Waals surface area contributed by atoms with Gasteiger partial charge in [0, 0.05) is 28.8 Å². The van der Waals surface area contributed by atoms with Crippen LogP contribution in [0.5, 0.6) is 0 Å². The van der Waals surface area contributed by atoms with E-state index < -0.39 is 0 Å². The highest BCUT2D eigenvalue weighted by molar-refractivity contribution is 9.10. The number of rotatable bonds is 5. The molecule has 86 valence electrons. The van der Waals surface area contributed by atoms with Crippen molar-refractivity contribution in [2.45, 2.75) is 20.0 Å². The van der Waals surface area contributed by atoms with E-state index in [0.29, 0.717) is 13.0 Å². The first-order chi connectivity index (χ1) is 7.72. The van der Waals surface area contributed by atoms with Crippen molar-refractivity contribution >= 4 is 21.6 Å². The third kappa shape index (κ3) is 3.22. The van der Waals surface area contributed by atoms with Crippen molar-refractivity contribution in [3.8, 4) is 6.07 Å².